The van der Waals surface area contributed by atoms with Crippen LogP contribution in [0.15, 0.2) is 79.1 Å². The van der Waals surface area contributed by atoms with E-state index in [-0.39, 0.29) is 0 Å². The molecular weight excluding hydrogens is 264 g/mol. The molecule has 104 valence electrons. The number of aromatic nitrogens is 1. The largest absolute Gasteiger partial charge is 0.417 e. The molecule has 0 unspecified atom stereocenters. The summed E-state index contributed by atoms with van der Waals surface area (Å²) in [6, 6.07) is 20.4. The van der Waals surface area contributed by atoms with Crippen molar-refractivity contribution in [2.45, 2.75) is 0 Å². The minimum absolute atomic E-state index is 0.508. The third kappa shape index (κ3) is 3.30. The Morgan fingerprint density at radius 3 is 2.43 bits per heavy atom. The summed E-state index contributed by atoms with van der Waals surface area (Å²) in [7, 11) is 0. The van der Waals surface area contributed by atoms with Crippen molar-refractivity contribution in [1.82, 2.24) is 4.57 Å². The number of ether oxygens (including phenoxy) is 1. The fraction of sp³-hybridized carbons (Fsp3) is 0. The Labute approximate surface area is 122 Å². The predicted molar refractivity (Wildman–Crippen MR) is 81.9 cm³/mol. The molecule has 3 rings (SSSR count). The quantitative estimate of drug-likeness (QED) is 0.784. The lowest BCUT2D eigenvalue weighted by atomic mass is 10.3. The summed E-state index contributed by atoms with van der Waals surface area (Å²) in [4.78, 5) is 11.8. The number of benzene rings is 2. The second-order valence-corrected chi connectivity index (χ2v) is 4.47. The van der Waals surface area contributed by atoms with Crippen molar-refractivity contribution in [2.75, 3.05) is 5.32 Å². The van der Waals surface area contributed by atoms with Gasteiger partial charge in [-0.3, -0.25) is 5.32 Å². The van der Waals surface area contributed by atoms with Gasteiger partial charge in [-0.25, -0.2) is 4.79 Å². The van der Waals surface area contributed by atoms with Crippen LogP contribution in [0, 0.1) is 0 Å². The molecule has 1 aromatic heterocycles. The van der Waals surface area contributed by atoms with Crippen LogP contribution in [-0.2, 0) is 0 Å². The van der Waals surface area contributed by atoms with Crippen molar-refractivity contribution in [3.05, 3.63) is 79.1 Å². The molecule has 1 amide bonds. The van der Waals surface area contributed by atoms with Gasteiger partial charge < -0.3 is 9.30 Å². The van der Waals surface area contributed by atoms with Crippen LogP contribution in [0.1, 0.15) is 0 Å². The molecule has 0 bridgehead atoms. The maximum absolute atomic E-state index is 11.8. The van der Waals surface area contributed by atoms with E-state index in [9.17, 15) is 4.79 Å². The van der Waals surface area contributed by atoms with Gasteiger partial charge in [-0.2, -0.15) is 0 Å². The molecule has 0 aliphatic heterocycles. The second kappa shape index (κ2) is 5.96. The minimum atomic E-state index is -0.508. The van der Waals surface area contributed by atoms with Crippen molar-refractivity contribution in [3.63, 3.8) is 0 Å². The Kier molecular flexibility index (Phi) is 3.69. The average Bonchev–Trinajstić information content (AvgIpc) is 3.02. The molecule has 0 aliphatic rings. The topological polar surface area (TPSA) is 43.3 Å². The number of hydrogen-bond acceptors (Lipinski definition) is 2. The Morgan fingerprint density at radius 1 is 0.905 bits per heavy atom. The number of anilines is 1. The van der Waals surface area contributed by atoms with Crippen LogP contribution < -0.4 is 10.1 Å². The van der Waals surface area contributed by atoms with Crippen LogP contribution >= 0.6 is 0 Å². The lowest BCUT2D eigenvalue weighted by Gasteiger charge is -2.08. The summed E-state index contributed by atoms with van der Waals surface area (Å²) in [6.07, 6.45) is 3.38. The Hall–Kier alpha value is -3.01. The van der Waals surface area contributed by atoms with E-state index in [2.05, 4.69) is 5.32 Å². The van der Waals surface area contributed by atoms with Crippen LogP contribution in [0.3, 0.4) is 0 Å². The number of para-hydroxylation sites is 1. The van der Waals surface area contributed by atoms with E-state index in [4.69, 9.17) is 4.74 Å². The Balaban J connectivity index is 1.70. The smallest absolute Gasteiger partial charge is 0.410 e. The van der Waals surface area contributed by atoms with E-state index in [1.807, 2.05) is 71.6 Å². The molecule has 0 saturated carbocycles. The lowest BCUT2D eigenvalue weighted by molar-refractivity contribution is 0.215. The minimum Gasteiger partial charge on any atom is -0.410 e. The fourth-order valence-electron chi connectivity index (χ4n) is 1.99. The van der Waals surface area contributed by atoms with Gasteiger partial charge in [0.25, 0.3) is 0 Å². The number of amides is 1. The molecule has 4 nitrogen and oxygen atoms in total. The van der Waals surface area contributed by atoms with Gasteiger partial charge in [0, 0.05) is 23.8 Å². The lowest BCUT2D eigenvalue weighted by Crippen LogP contribution is -2.16. The summed E-state index contributed by atoms with van der Waals surface area (Å²) < 4.78 is 7.16. The van der Waals surface area contributed by atoms with Crippen LogP contribution in [0.4, 0.5) is 10.5 Å². The second-order valence-electron chi connectivity index (χ2n) is 4.47. The first kappa shape index (κ1) is 13.0. The molecule has 0 fully saturated rings. The monoisotopic (exact) mass is 278 g/mol. The van der Waals surface area contributed by atoms with Crippen molar-refractivity contribution >= 4 is 11.8 Å². The molecule has 0 aliphatic carbocycles. The third-order valence-corrected chi connectivity index (χ3v) is 2.95. The average molecular weight is 278 g/mol. The molecule has 4 heteroatoms. The molecule has 0 saturated heterocycles. The molecule has 21 heavy (non-hydrogen) atoms. The molecule has 3 aromatic rings. The van der Waals surface area contributed by atoms with Crippen molar-refractivity contribution in [1.29, 1.82) is 0 Å². The van der Waals surface area contributed by atoms with E-state index in [1.54, 1.807) is 12.1 Å². The highest BCUT2D eigenvalue weighted by molar-refractivity contribution is 5.86. The maximum atomic E-state index is 11.8. The summed E-state index contributed by atoms with van der Waals surface area (Å²) in [5.41, 5.74) is 1.65. The van der Waals surface area contributed by atoms with E-state index in [1.165, 1.54) is 0 Å². The summed E-state index contributed by atoms with van der Waals surface area (Å²) >= 11 is 0. The van der Waals surface area contributed by atoms with Crippen molar-refractivity contribution in [3.8, 4) is 11.4 Å². The van der Waals surface area contributed by atoms with Gasteiger partial charge in [0.1, 0.15) is 5.75 Å². The van der Waals surface area contributed by atoms with Crippen LogP contribution in [-0.4, -0.2) is 10.7 Å². The zero-order valence-corrected chi connectivity index (χ0v) is 11.3. The normalized spacial score (nSPS) is 10.1. The molecule has 2 aromatic carbocycles. The summed E-state index contributed by atoms with van der Waals surface area (Å²) in [5.74, 6) is 0.511. The van der Waals surface area contributed by atoms with Gasteiger partial charge in [0.15, 0.2) is 0 Å². The van der Waals surface area contributed by atoms with Crippen molar-refractivity contribution in [2.24, 2.45) is 0 Å². The molecule has 0 atom stereocenters. The zero-order valence-electron chi connectivity index (χ0n) is 11.3. The first-order valence-electron chi connectivity index (χ1n) is 6.58. The third-order valence-electron chi connectivity index (χ3n) is 2.95. The van der Waals surface area contributed by atoms with Crippen LogP contribution in [0.2, 0.25) is 0 Å². The summed E-state index contributed by atoms with van der Waals surface area (Å²) in [5, 5.41) is 2.72. The van der Waals surface area contributed by atoms with Crippen molar-refractivity contribution < 1.29 is 9.53 Å². The Bertz CT molecular complexity index is 722. The predicted octanol–water partition coefficient (Wildman–Crippen LogP) is 4.09. The first-order chi connectivity index (χ1) is 10.3. The van der Waals surface area contributed by atoms with Gasteiger partial charge in [0.05, 0.1) is 0 Å². The SMILES string of the molecule is O=C(Nc1cccc(-n2cccc2)c1)Oc1ccccc1. The van der Waals surface area contributed by atoms with Gasteiger partial charge >= 0.3 is 6.09 Å². The number of nitrogens with one attached hydrogen (secondary N) is 1. The van der Waals surface area contributed by atoms with Gasteiger partial charge in [-0.1, -0.05) is 24.3 Å². The van der Waals surface area contributed by atoms with Gasteiger partial charge in [-0.05, 0) is 42.5 Å². The number of carbonyl (C=O) groups excluding carboxylic acids is 1. The van der Waals surface area contributed by atoms with E-state index in [0.29, 0.717) is 11.4 Å². The standard InChI is InChI=1S/C17H14N2O2/c20-17(21-16-9-2-1-3-10-16)18-14-7-6-8-15(13-14)19-11-4-5-12-19/h1-13H,(H,18,20). The van der Waals surface area contributed by atoms with Crippen LogP contribution in [0.25, 0.3) is 5.69 Å². The highest BCUT2D eigenvalue weighted by atomic mass is 16.6. The number of nitrogens with zero attached hydrogens (tertiary/aromatic N) is 1. The van der Waals surface area contributed by atoms with Gasteiger partial charge in [-0.15, -0.1) is 0 Å². The highest BCUT2D eigenvalue weighted by Gasteiger charge is 2.05. The molecule has 1 N–H and O–H groups in total. The number of carbonyl (C=O) groups is 1. The number of rotatable bonds is 3. The van der Waals surface area contributed by atoms with E-state index >= 15 is 0 Å². The number of hydrogen-bond donors (Lipinski definition) is 1. The maximum Gasteiger partial charge on any atom is 0.417 e. The first-order valence-corrected chi connectivity index (χ1v) is 6.58. The fourth-order valence-corrected chi connectivity index (χ4v) is 1.99. The van der Waals surface area contributed by atoms with Gasteiger partial charge in [0.2, 0.25) is 0 Å². The van der Waals surface area contributed by atoms with Crippen LogP contribution in [0.5, 0.6) is 5.75 Å². The van der Waals surface area contributed by atoms with E-state index in [0.717, 1.165) is 5.69 Å². The molecular formula is C17H14N2O2. The van der Waals surface area contributed by atoms with E-state index < -0.39 is 6.09 Å². The zero-order chi connectivity index (χ0) is 14.5. The molecule has 1 heterocycles. The summed E-state index contributed by atoms with van der Waals surface area (Å²) in [6.45, 7) is 0. The molecule has 0 spiro atoms. The highest BCUT2D eigenvalue weighted by Crippen LogP contribution is 2.16. The molecule has 0 radical (unpaired) electrons. The Morgan fingerprint density at radius 2 is 1.67 bits per heavy atom.